The van der Waals surface area contributed by atoms with E-state index in [2.05, 4.69) is 22.0 Å². The largest absolute Gasteiger partial charge is 0.339 e. The van der Waals surface area contributed by atoms with Crippen molar-refractivity contribution in [3.63, 3.8) is 0 Å². The molecule has 2 rings (SSSR count). The zero-order chi connectivity index (χ0) is 13.0. The van der Waals surface area contributed by atoms with Crippen molar-refractivity contribution >= 4 is 0 Å². The molecule has 0 aliphatic carbocycles. The Morgan fingerprint density at radius 2 is 2.28 bits per heavy atom. The Labute approximate surface area is 106 Å². The maximum atomic E-state index is 5.50. The van der Waals surface area contributed by atoms with Gasteiger partial charge in [-0.1, -0.05) is 12.1 Å². The van der Waals surface area contributed by atoms with Crippen molar-refractivity contribution in [2.24, 2.45) is 5.73 Å². The van der Waals surface area contributed by atoms with Crippen LogP contribution in [0.25, 0.3) is 11.4 Å². The van der Waals surface area contributed by atoms with Gasteiger partial charge in [0, 0.05) is 23.9 Å². The van der Waals surface area contributed by atoms with E-state index in [1.165, 1.54) is 0 Å². The zero-order valence-corrected chi connectivity index (χ0v) is 10.8. The SMILES string of the molecule is Cc1cnccc1-c1noc(C(C)CCCN)n1. The molecule has 0 fully saturated rings. The first-order valence-corrected chi connectivity index (χ1v) is 6.17. The molecule has 2 heterocycles. The summed E-state index contributed by atoms with van der Waals surface area (Å²) < 4.78 is 5.31. The summed E-state index contributed by atoms with van der Waals surface area (Å²) >= 11 is 0. The summed E-state index contributed by atoms with van der Waals surface area (Å²) in [4.78, 5) is 8.50. The average Bonchev–Trinajstić information content (AvgIpc) is 2.86. The van der Waals surface area contributed by atoms with Crippen LogP contribution in [-0.4, -0.2) is 21.7 Å². The van der Waals surface area contributed by atoms with Gasteiger partial charge in [-0.2, -0.15) is 4.98 Å². The van der Waals surface area contributed by atoms with Crippen molar-refractivity contribution in [3.8, 4) is 11.4 Å². The van der Waals surface area contributed by atoms with Gasteiger partial charge in [0.05, 0.1) is 0 Å². The highest BCUT2D eigenvalue weighted by Gasteiger charge is 2.15. The van der Waals surface area contributed by atoms with Crippen LogP contribution in [0.4, 0.5) is 0 Å². The highest BCUT2D eigenvalue weighted by Crippen LogP contribution is 2.23. The van der Waals surface area contributed by atoms with Gasteiger partial charge in [0.15, 0.2) is 0 Å². The monoisotopic (exact) mass is 246 g/mol. The van der Waals surface area contributed by atoms with Crippen LogP contribution in [0.15, 0.2) is 23.0 Å². The molecule has 96 valence electrons. The predicted octanol–water partition coefficient (Wildman–Crippen LogP) is 2.28. The van der Waals surface area contributed by atoms with E-state index in [9.17, 15) is 0 Å². The van der Waals surface area contributed by atoms with Gasteiger partial charge >= 0.3 is 0 Å². The van der Waals surface area contributed by atoms with Crippen molar-refractivity contribution in [1.82, 2.24) is 15.1 Å². The Hall–Kier alpha value is -1.75. The van der Waals surface area contributed by atoms with E-state index in [4.69, 9.17) is 10.3 Å². The molecule has 0 radical (unpaired) electrons. The smallest absolute Gasteiger partial charge is 0.229 e. The van der Waals surface area contributed by atoms with Gasteiger partial charge in [0.2, 0.25) is 11.7 Å². The molecule has 0 spiro atoms. The van der Waals surface area contributed by atoms with Crippen LogP contribution in [0.2, 0.25) is 0 Å². The normalized spacial score (nSPS) is 12.6. The van der Waals surface area contributed by atoms with Crippen molar-refractivity contribution in [2.45, 2.75) is 32.6 Å². The van der Waals surface area contributed by atoms with Gasteiger partial charge in [0.1, 0.15) is 0 Å². The third kappa shape index (κ3) is 2.73. The Morgan fingerprint density at radius 1 is 1.44 bits per heavy atom. The van der Waals surface area contributed by atoms with Crippen molar-refractivity contribution in [1.29, 1.82) is 0 Å². The van der Waals surface area contributed by atoms with E-state index in [1.54, 1.807) is 12.4 Å². The lowest BCUT2D eigenvalue weighted by molar-refractivity contribution is 0.352. The van der Waals surface area contributed by atoms with E-state index in [-0.39, 0.29) is 5.92 Å². The fourth-order valence-electron chi connectivity index (χ4n) is 1.82. The molecule has 18 heavy (non-hydrogen) atoms. The van der Waals surface area contributed by atoms with Gasteiger partial charge in [-0.25, -0.2) is 0 Å². The third-order valence-electron chi connectivity index (χ3n) is 2.97. The predicted molar refractivity (Wildman–Crippen MR) is 69.0 cm³/mol. The second-order valence-electron chi connectivity index (χ2n) is 4.48. The second-order valence-corrected chi connectivity index (χ2v) is 4.48. The van der Waals surface area contributed by atoms with Crippen LogP contribution in [0.3, 0.4) is 0 Å². The van der Waals surface area contributed by atoms with Gasteiger partial charge in [-0.05, 0) is 37.9 Å². The Balaban J connectivity index is 2.18. The molecule has 0 amide bonds. The summed E-state index contributed by atoms with van der Waals surface area (Å²) in [5.41, 5.74) is 7.50. The summed E-state index contributed by atoms with van der Waals surface area (Å²) in [5, 5.41) is 4.03. The summed E-state index contributed by atoms with van der Waals surface area (Å²) in [6, 6.07) is 1.90. The van der Waals surface area contributed by atoms with E-state index < -0.39 is 0 Å². The zero-order valence-electron chi connectivity index (χ0n) is 10.8. The van der Waals surface area contributed by atoms with Gasteiger partial charge in [-0.15, -0.1) is 0 Å². The van der Waals surface area contributed by atoms with Crippen molar-refractivity contribution in [3.05, 3.63) is 29.9 Å². The average molecular weight is 246 g/mol. The van der Waals surface area contributed by atoms with Gasteiger partial charge < -0.3 is 10.3 Å². The molecule has 0 aliphatic rings. The number of nitrogens with two attached hydrogens (primary N) is 1. The number of pyridine rings is 1. The molecular weight excluding hydrogens is 228 g/mol. The third-order valence-corrected chi connectivity index (χ3v) is 2.97. The fourth-order valence-corrected chi connectivity index (χ4v) is 1.82. The molecule has 1 unspecified atom stereocenters. The van der Waals surface area contributed by atoms with Crippen LogP contribution in [0.5, 0.6) is 0 Å². The highest BCUT2D eigenvalue weighted by molar-refractivity contribution is 5.57. The molecule has 2 aromatic heterocycles. The van der Waals surface area contributed by atoms with Crippen LogP contribution < -0.4 is 5.73 Å². The van der Waals surface area contributed by atoms with Gasteiger partial charge in [-0.3, -0.25) is 4.98 Å². The molecular formula is C13H18N4O. The van der Waals surface area contributed by atoms with Crippen LogP contribution in [0.1, 0.15) is 37.1 Å². The second kappa shape index (κ2) is 5.73. The first-order chi connectivity index (χ1) is 8.72. The maximum Gasteiger partial charge on any atom is 0.229 e. The quantitative estimate of drug-likeness (QED) is 0.875. The Kier molecular flexibility index (Phi) is 4.04. The number of hydrogen-bond acceptors (Lipinski definition) is 5. The first-order valence-electron chi connectivity index (χ1n) is 6.17. The molecule has 0 saturated heterocycles. The molecule has 5 nitrogen and oxygen atoms in total. The first kappa shape index (κ1) is 12.7. The van der Waals surface area contributed by atoms with Crippen LogP contribution in [-0.2, 0) is 0 Å². The van der Waals surface area contributed by atoms with Crippen LogP contribution in [0, 0.1) is 6.92 Å². The Bertz CT molecular complexity index is 509. The number of hydrogen-bond donors (Lipinski definition) is 1. The lowest BCUT2D eigenvalue weighted by Gasteiger charge is -2.03. The number of nitrogens with zero attached hydrogens (tertiary/aromatic N) is 3. The minimum Gasteiger partial charge on any atom is -0.339 e. The minimum absolute atomic E-state index is 0.247. The number of aryl methyl sites for hydroxylation is 1. The molecule has 5 heteroatoms. The standard InChI is InChI=1S/C13H18N4O/c1-9(4-3-6-14)13-16-12(17-18-13)11-5-7-15-8-10(11)2/h5,7-9H,3-4,6,14H2,1-2H3. The Morgan fingerprint density at radius 3 is 3.00 bits per heavy atom. The molecule has 2 aromatic rings. The molecule has 1 atom stereocenters. The van der Waals surface area contributed by atoms with Crippen LogP contribution >= 0.6 is 0 Å². The summed E-state index contributed by atoms with van der Waals surface area (Å²) in [5.74, 6) is 1.55. The van der Waals surface area contributed by atoms with E-state index in [0.29, 0.717) is 18.3 Å². The van der Waals surface area contributed by atoms with Gasteiger partial charge in [0.25, 0.3) is 0 Å². The summed E-state index contributed by atoms with van der Waals surface area (Å²) in [6.07, 6.45) is 5.46. The van der Waals surface area contributed by atoms with E-state index in [0.717, 1.165) is 24.0 Å². The fraction of sp³-hybridized carbons (Fsp3) is 0.462. The lowest BCUT2D eigenvalue weighted by atomic mass is 10.1. The van der Waals surface area contributed by atoms with E-state index in [1.807, 2.05) is 13.0 Å². The topological polar surface area (TPSA) is 77.8 Å². The molecule has 2 N–H and O–H groups in total. The lowest BCUT2D eigenvalue weighted by Crippen LogP contribution is -2.02. The molecule has 0 aromatic carbocycles. The number of rotatable bonds is 5. The summed E-state index contributed by atoms with van der Waals surface area (Å²) in [7, 11) is 0. The maximum absolute atomic E-state index is 5.50. The minimum atomic E-state index is 0.247. The molecule has 0 aliphatic heterocycles. The molecule has 0 saturated carbocycles. The van der Waals surface area contributed by atoms with E-state index >= 15 is 0 Å². The highest BCUT2D eigenvalue weighted by atomic mass is 16.5. The molecule has 0 bridgehead atoms. The van der Waals surface area contributed by atoms with Crippen molar-refractivity contribution < 1.29 is 4.52 Å². The number of aromatic nitrogens is 3. The summed E-state index contributed by atoms with van der Waals surface area (Å²) in [6.45, 7) is 4.75. The van der Waals surface area contributed by atoms with Crippen molar-refractivity contribution in [2.75, 3.05) is 6.54 Å².